The summed E-state index contributed by atoms with van der Waals surface area (Å²) in [4.78, 5) is 16.5. The van der Waals surface area contributed by atoms with E-state index in [2.05, 4.69) is 34.5 Å². The zero-order chi connectivity index (χ0) is 15.9. The van der Waals surface area contributed by atoms with Crippen molar-refractivity contribution in [2.45, 2.75) is 13.1 Å². The lowest BCUT2D eigenvalue weighted by molar-refractivity contribution is 0.135. The predicted molar refractivity (Wildman–Crippen MR) is 92.0 cm³/mol. The number of amides is 2. The van der Waals surface area contributed by atoms with Crippen molar-refractivity contribution in [3.63, 3.8) is 0 Å². The monoisotopic (exact) mass is 309 g/mol. The van der Waals surface area contributed by atoms with Gasteiger partial charge in [-0.05, 0) is 11.1 Å². The summed E-state index contributed by atoms with van der Waals surface area (Å²) in [5.74, 6) is 0. The predicted octanol–water partition coefficient (Wildman–Crippen LogP) is 2.71. The van der Waals surface area contributed by atoms with Crippen molar-refractivity contribution in [2.24, 2.45) is 0 Å². The van der Waals surface area contributed by atoms with E-state index in [0.29, 0.717) is 6.54 Å². The summed E-state index contributed by atoms with van der Waals surface area (Å²) in [7, 11) is 0. The SMILES string of the molecule is O=C(NCc1ccccc1)N1CCN(Cc2ccccc2)CC1. The van der Waals surface area contributed by atoms with E-state index >= 15 is 0 Å². The molecule has 1 aliphatic rings. The molecule has 2 amide bonds. The third-order valence-electron chi connectivity index (χ3n) is 4.20. The number of carbonyl (C=O) groups is 1. The van der Waals surface area contributed by atoms with Gasteiger partial charge >= 0.3 is 6.03 Å². The quantitative estimate of drug-likeness (QED) is 0.942. The molecule has 4 nitrogen and oxygen atoms in total. The molecule has 0 radical (unpaired) electrons. The van der Waals surface area contributed by atoms with Gasteiger partial charge in [0.05, 0.1) is 0 Å². The number of piperazine rings is 1. The van der Waals surface area contributed by atoms with Gasteiger partial charge in [-0.15, -0.1) is 0 Å². The Kier molecular flexibility index (Phi) is 5.27. The number of benzene rings is 2. The molecular formula is C19H23N3O. The van der Waals surface area contributed by atoms with E-state index in [9.17, 15) is 4.79 Å². The minimum absolute atomic E-state index is 0.0354. The average molecular weight is 309 g/mol. The van der Waals surface area contributed by atoms with E-state index in [0.717, 1.165) is 38.3 Å². The smallest absolute Gasteiger partial charge is 0.317 e. The second kappa shape index (κ2) is 7.79. The summed E-state index contributed by atoms with van der Waals surface area (Å²) in [6.07, 6.45) is 0. The van der Waals surface area contributed by atoms with Crippen molar-refractivity contribution in [3.8, 4) is 0 Å². The molecule has 0 spiro atoms. The minimum Gasteiger partial charge on any atom is -0.334 e. The van der Waals surface area contributed by atoms with Gasteiger partial charge in [0.1, 0.15) is 0 Å². The molecule has 1 aliphatic heterocycles. The van der Waals surface area contributed by atoms with Gasteiger partial charge < -0.3 is 10.2 Å². The van der Waals surface area contributed by atoms with E-state index < -0.39 is 0 Å². The number of rotatable bonds is 4. The van der Waals surface area contributed by atoms with Gasteiger partial charge in [-0.2, -0.15) is 0 Å². The normalized spacial score (nSPS) is 15.4. The van der Waals surface area contributed by atoms with Gasteiger partial charge in [0.2, 0.25) is 0 Å². The van der Waals surface area contributed by atoms with E-state index in [1.54, 1.807) is 0 Å². The molecule has 23 heavy (non-hydrogen) atoms. The van der Waals surface area contributed by atoms with E-state index in [-0.39, 0.29) is 6.03 Å². The molecule has 3 rings (SSSR count). The van der Waals surface area contributed by atoms with Crippen LogP contribution >= 0.6 is 0 Å². The summed E-state index contributed by atoms with van der Waals surface area (Å²) in [6.45, 7) is 4.96. The molecule has 2 aromatic rings. The molecule has 0 unspecified atom stereocenters. The lowest BCUT2D eigenvalue weighted by Gasteiger charge is -2.34. The van der Waals surface area contributed by atoms with Crippen molar-refractivity contribution >= 4 is 6.03 Å². The van der Waals surface area contributed by atoms with Crippen molar-refractivity contribution < 1.29 is 4.79 Å². The zero-order valence-corrected chi connectivity index (χ0v) is 13.3. The van der Waals surface area contributed by atoms with E-state index in [4.69, 9.17) is 0 Å². The van der Waals surface area contributed by atoms with Crippen LogP contribution < -0.4 is 5.32 Å². The first-order valence-electron chi connectivity index (χ1n) is 8.14. The van der Waals surface area contributed by atoms with Crippen LogP contribution in [-0.4, -0.2) is 42.0 Å². The Morgan fingerprint density at radius 1 is 0.826 bits per heavy atom. The Bertz CT molecular complexity index is 607. The maximum absolute atomic E-state index is 12.2. The van der Waals surface area contributed by atoms with Gasteiger partial charge in [-0.1, -0.05) is 60.7 Å². The molecule has 0 atom stereocenters. The van der Waals surface area contributed by atoms with Crippen LogP contribution in [0, 0.1) is 0 Å². The molecule has 0 bridgehead atoms. The van der Waals surface area contributed by atoms with Crippen molar-refractivity contribution in [3.05, 3.63) is 71.8 Å². The van der Waals surface area contributed by atoms with Gasteiger partial charge in [0.15, 0.2) is 0 Å². The van der Waals surface area contributed by atoms with Crippen LogP contribution in [0.3, 0.4) is 0 Å². The first-order chi connectivity index (χ1) is 11.3. The van der Waals surface area contributed by atoms with E-state index in [1.165, 1.54) is 5.56 Å². The molecular weight excluding hydrogens is 286 g/mol. The fourth-order valence-electron chi connectivity index (χ4n) is 2.84. The Morgan fingerprint density at radius 3 is 2.00 bits per heavy atom. The Morgan fingerprint density at radius 2 is 1.39 bits per heavy atom. The summed E-state index contributed by atoms with van der Waals surface area (Å²) < 4.78 is 0. The van der Waals surface area contributed by atoms with Crippen molar-refractivity contribution in [1.29, 1.82) is 0 Å². The maximum atomic E-state index is 12.2. The summed E-state index contributed by atoms with van der Waals surface area (Å²) >= 11 is 0. The third-order valence-corrected chi connectivity index (χ3v) is 4.20. The van der Waals surface area contributed by atoms with Crippen molar-refractivity contribution in [1.82, 2.24) is 15.1 Å². The molecule has 2 aromatic carbocycles. The van der Waals surface area contributed by atoms with Crippen LogP contribution in [0.15, 0.2) is 60.7 Å². The highest BCUT2D eigenvalue weighted by atomic mass is 16.2. The topological polar surface area (TPSA) is 35.6 Å². The molecule has 1 heterocycles. The first kappa shape index (κ1) is 15.6. The second-order valence-electron chi connectivity index (χ2n) is 5.89. The number of hydrogen-bond acceptors (Lipinski definition) is 2. The van der Waals surface area contributed by atoms with Crippen LogP contribution in [0.4, 0.5) is 4.79 Å². The molecule has 1 N–H and O–H groups in total. The Labute approximate surface area is 137 Å². The van der Waals surface area contributed by atoms with Crippen molar-refractivity contribution in [2.75, 3.05) is 26.2 Å². The molecule has 4 heteroatoms. The molecule has 1 saturated heterocycles. The summed E-state index contributed by atoms with van der Waals surface area (Å²) in [6, 6.07) is 20.5. The summed E-state index contributed by atoms with van der Waals surface area (Å²) in [5, 5.41) is 3.00. The molecule has 0 saturated carbocycles. The number of urea groups is 1. The lowest BCUT2D eigenvalue weighted by atomic mass is 10.2. The molecule has 0 aliphatic carbocycles. The number of nitrogens with zero attached hydrogens (tertiary/aromatic N) is 2. The molecule has 120 valence electrons. The Balaban J connectivity index is 1.42. The minimum atomic E-state index is 0.0354. The van der Waals surface area contributed by atoms with E-state index in [1.807, 2.05) is 41.3 Å². The van der Waals surface area contributed by atoms with Crippen LogP contribution in [0.1, 0.15) is 11.1 Å². The summed E-state index contributed by atoms with van der Waals surface area (Å²) in [5.41, 5.74) is 2.46. The lowest BCUT2D eigenvalue weighted by Crippen LogP contribution is -2.51. The fourth-order valence-corrected chi connectivity index (χ4v) is 2.84. The highest BCUT2D eigenvalue weighted by Crippen LogP contribution is 2.08. The second-order valence-corrected chi connectivity index (χ2v) is 5.89. The fraction of sp³-hybridized carbons (Fsp3) is 0.316. The number of nitrogens with one attached hydrogen (secondary N) is 1. The molecule has 0 aromatic heterocycles. The maximum Gasteiger partial charge on any atom is 0.317 e. The van der Waals surface area contributed by atoms with Gasteiger partial charge in [-0.3, -0.25) is 4.90 Å². The standard InChI is InChI=1S/C19H23N3O/c23-19(20-15-17-7-3-1-4-8-17)22-13-11-21(12-14-22)16-18-9-5-2-6-10-18/h1-10H,11-16H2,(H,20,23). The largest absolute Gasteiger partial charge is 0.334 e. The highest BCUT2D eigenvalue weighted by Gasteiger charge is 2.20. The van der Waals surface area contributed by atoms with Crippen LogP contribution in [-0.2, 0) is 13.1 Å². The number of hydrogen-bond donors (Lipinski definition) is 1. The zero-order valence-electron chi connectivity index (χ0n) is 13.3. The average Bonchev–Trinajstić information content (AvgIpc) is 2.62. The molecule has 1 fully saturated rings. The van der Waals surface area contributed by atoms with Gasteiger partial charge in [-0.25, -0.2) is 4.79 Å². The van der Waals surface area contributed by atoms with Crippen LogP contribution in [0.5, 0.6) is 0 Å². The van der Waals surface area contributed by atoms with Crippen LogP contribution in [0.2, 0.25) is 0 Å². The van der Waals surface area contributed by atoms with Gasteiger partial charge in [0, 0.05) is 39.3 Å². The Hall–Kier alpha value is -2.33. The highest BCUT2D eigenvalue weighted by molar-refractivity contribution is 5.74. The first-order valence-corrected chi connectivity index (χ1v) is 8.14. The van der Waals surface area contributed by atoms with Gasteiger partial charge in [0.25, 0.3) is 0 Å². The number of carbonyl (C=O) groups excluding carboxylic acids is 1. The van der Waals surface area contributed by atoms with Crippen LogP contribution in [0.25, 0.3) is 0 Å². The third kappa shape index (κ3) is 4.57.